The van der Waals surface area contributed by atoms with E-state index in [1.54, 1.807) is 14.2 Å². The molecule has 0 aromatic heterocycles. The third-order valence-corrected chi connectivity index (χ3v) is 2.73. The molecule has 0 aliphatic rings. The second-order valence-corrected chi connectivity index (χ2v) is 4.64. The molecule has 0 radical (unpaired) electrons. The summed E-state index contributed by atoms with van der Waals surface area (Å²) in [6, 6.07) is 3.85. The van der Waals surface area contributed by atoms with E-state index in [9.17, 15) is 0 Å². The average molecular weight is 283 g/mol. The van der Waals surface area contributed by atoms with E-state index in [1.165, 1.54) is 0 Å². The summed E-state index contributed by atoms with van der Waals surface area (Å²) >= 11 is 0. The van der Waals surface area contributed by atoms with Crippen molar-refractivity contribution >= 4 is 0 Å². The fraction of sp³-hybridized carbons (Fsp3) is 0.600. The van der Waals surface area contributed by atoms with Crippen LogP contribution in [-0.2, 0) is 11.2 Å². The molecular formula is C15H25NO4. The molecular weight excluding hydrogens is 258 g/mol. The van der Waals surface area contributed by atoms with Gasteiger partial charge in [0.1, 0.15) is 6.61 Å². The predicted octanol–water partition coefficient (Wildman–Crippen LogP) is 2.01. The van der Waals surface area contributed by atoms with Gasteiger partial charge in [-0.2, -0.15) is 0 Å². The standard InChI is InChI=1S/C15H25NO4/c1-11(2)19-7-8-20-15-13(17-3)9-12(5-6-16)10-14(15)18-4/h9-11H,5-8,16H2,1-4H3. The molecule has 2 N–H and O–H groups in total. The van der Waals surface area contributed by atoms with E-state index >= 15 is 0 Å². The number of nitrogens with two attached hydrogens (primary N) is 1. The van der Waals surface area contributed by atoms with E-state index in [0.717, 1.165) is 12.0 Å². The lowest BCUT2D eigenvalue weighted by molar-refractivity contribution is 0.0540. The third kappa shape index (κ3) is 4.90. The zero-order valence-corrected chi connectivity index (χ0v) is 12.8. The van der Waals surface area contributed by atoms with Crippen LogP contribution in [0.15, 0.2) is 12.1 Å². The first kappa shape index (κ1) is 16.6. The Balaban J connectivity index is 2.81. The van der Waals surface area contributed by atoms with Crippen LogP contribution in [0.2, 0.25) is 0 Å². The summed E-state index contributed by atoms with van der Waals surface area (Å²) in [7, 11) is 3.22. The van der Waals surface area contributed by atoms with Crippen molar-refractivity contribution in [3.63, 3.8) is 0 Å². The van der Waals surface area contributed by atoms with Crippen LogP contribution in [-0.4, -0.2) is 40.1 Å². The molecule has 0 aliphatic heterocycles. The van der Waals surface area contributed by atoms with Gasteiger partial charge in [-0.3, -0.25) is 0 Å². The molecule has 114 valence electrons. The molecule has 1 rings (SSSR count). The molecule has 1 aromatic rings. The van der Waals surface area contributed by atoms with Crippen molar-refractivity contribution in [2.75, 3.05) is 34.0 Å². The van der Waals surface area contributed by atoms with Crippen molar-refractivity contribution < 1.29 is 18.9 Å². The van der Waals surface area contributed by atoms with Gasteiger partial charge in [-0.1, -0.05) is 0 Å². The van der Waals surface area contributed by atoms with Crippen LogP contribution >= 0.6 is 0 Å². The Morgan fingerprint density at radius 1 is 1.05 bits per heavy atom. The Morgan fingerprint density at radius 2 is 1.65 bits per heavy atom. The first-order valence-corrected chi connectivity index (χ1v) is 6.81. The minimum atomic E-state index is 0.189. The van der Waals surface area contributed by atoms with Gasteiger partial charge in [0, 0.05) is 0 Å². The monoisotopic (exact) mass is 283 g/mol. The number of hydrogen-bond acceptors (Lipinski definition) is 5. The van der Waals surface area contributed by atoms with Crippen LogP contribution in [0.5, 0.6) is 17.2 Å². The van der Waals surface area contributed by atoms with Gasteiger partial charge in [0.25, 0.3) is 0 Å². The highest BCUT2D eigenvalue weighted by Gasteiger charge is 2.14. The summed E-state index contributed by atoms with van der Waals surface area (Å²) in [4.78, 5) is 0. The topological polar surface area (TPSA) is 62.9 Å². The van der Waals surface area contributed by atoms with Crippen LogP contribution in [0, 0.1) is 0 Å². The third-order valence-electron chi connectivity index (χ3n) is 2.73. The maximum Gasteiger partial charge on any atom is 0.203 e. The van der Waals surface area contributed by atoms with E-state index in [2.05, 4.69) is 0 Å². The normalized spacial score (nSPS) is 10.7. The SMILES string of the molecule is COc1cc(CCN)cc(OC)c1OCCOC(C)C. The quantitative estimate of drug-likeness (QED) is 0.702. The highest BCUT2D eigenvalue weighted by atomic mass is 16.6. The average Bonchev–Trinajstić information content (AvgIpc) is 2.43. The zero-order chi connectivity index (χ0) is 15.0. The van der Waals surface area contributed by atoms with Crippen LogP contribution < -0.4 is 19.9 Å². The first-order chi connectivity index (χ1) is 9.62. The minimum absolute atomic E-state index is 0.189. The first-order valence-electron chi connectivity index (χ1n) is 6.81. The molecule has 0 heterocycles. The highest BCUT2D eigenvalue weighted by Crippen LogP contribution is 2.38. The fourth-order valence-corrected chi connectivity index (χ4v) is 1.82. The molecule has 0 saturated heterocycles. The largest absolute Gasteiger partial charge is 0.493 e. The molecule has 0 atom stereocenters. The van der Waals surface area contributed by atoms with Gasteiger partial charge in [-0.15, -0.1) is 0 Å². The Kier molecular flexibility index (Phi) is 7.18. The maximum atomic E-state index is 5.73. The number of rotatable bonds is 9. The fourth-order valence-electron chi connectivity index (χ4n) is 1.82. The van der Waals surface area contributed by atoms with E-state index in [0.29, 0.717) is 37.0 Å². The van der Waals surface area contributed by atoms with Gasteiger partial charge in [0.05, 0.1) is 26.9 Å². The second-order valence-electron chi connectivity index (χ2n) is 4.64. The molecule has 0 fully saturated rings. The molecule has 20 heavy (non-hydrogen) atoms. The minimum Gasteiger partial charge on any atom is -0.493 e. The maximum absolute atomic E-state index is 5.73. The van der Waals surface area contributed by atoms with Crippen molar-refractivity contribution in [2.45, 2.75) is 26.4 Å². The summed E-state index contributed by atoms with van der Waals surface area (Å²) in [5.74, 6) is 1.90. The van der Waals surface area contributed by atoms with Gasteiger partial charge >= 0.3 is 0 Å². The molecule has 5 heteroatoms. The number of ether oxygens (including phenoxy) is 4. The zero-order valence-electron chi connectivity index (χ0n) is 12.8. The second kappa shape index (κ2) is 8.66. The van der Waals surface area contributed by atoms with Gasteiger partial charge in [-0.05, 0) is 44.5 Å². The number of hydrogen-bond donors (Lipinski definition) is 1. The van der Waals surface area contributed by atoms with Crippen molar-refractivity contribution in [1.29, 1.82) is 0 Å². The van der Waals surface area contributed by atoms with Crippen LogP contribution in [0.3, 0.4) is 0 Å². The number of methoxy groups -OCH3 is 2. The summed E-state index contributed by atoms with van der Waals surface area (Å²) in [5, 5.41) is 0. The van der Waals surface area contributed by atoms with Crippen LogP contribution in [0.1, 0.15) is 19.4 Å². The van der Waals surface area contributed by atoms with Crippen molar-refractivity contribution in [3.05, 3.63) is 17.7 Å². The summed E-state index contributed by atoms with van der Waals surface area (Å²) in [5.41, 5.74) is 6.64. The van der Waals surface area contributed by atoms with E-state index in [1.807, 2.05) is 26.0 Å². The molecule has 0 unspecified atom stereocenters. The molecule has 5 nitrogen and oxygen atoms in total. The number of benzene rings is 1. The van der Waals surface area contributed by atoms with Crippen molar-refractivity contribution in [2.24, 2.45) is 5.73 Å². The van der Waals surface area contributed by atoms with E-state index < -0.39 is 0 Å². The molecule has 0 bridgehead atoms. The lowest BCUT2D eigenvalue weighted by Crippen LogP contribution is -2.12. The smallest absolute Gasteiger partial charge is 0.203 e. The Labute approximate surface area is 121 Å². The molecule has 1 aromatic carbocycles. The lowest BCUT2D eigenvalue weighted by atomic mass is 10.1. The predicted molar refractivity (Wildman–Crippen MR) is 78.9 cm³/mol. The Hall–Kier alpha value is -1.46. The van der Waals surface area contributed by atoms with Crippen LogP contribution in [0.25, 0.3) is 0 Å². The molecule has 0 saturated carbocycles. The Bertz CT molecular complexity index is 382. The van der Waals surface area contributed by atoms with Crippen molar-refractivity contribution in [1.82, 2.24) is 0 Å². The van der Waals surface area contributed by atoms with E-state index in [-0.39, 0.29) is 6.10 Å². The molecule has 0 spiro atoms. The van der Waals surface area contributed by atoms with Crippen molar-refractivity contribution in [3.8, 4) is 17.2 Å². The lowest BCUT2D eigenvalue weighted by Gasteiger charge is -2.16. The molecule has 0 aliphatic carbocycles. The molecule has 0 amide bonds. The van der Waals surface area contributed by atoms with Gasteiger partial charge in [0.2, 0.25) is 5.75 Å². The summed E-state index contributed by atoms with van der Waals surface area (Å²) < 4.78 is 21.9. The highest BCUT2D eigenvalue weighted by molar-refractivity contribution is 5.54. The Morgan fingerprint density at radius 3 is 2.10 bits per heavy atom. The summed E-state index contributed by atoms with van der Waals surface area (Å²) in [6.45, 7) is 5.52. The van der Waals surface area contributed by atoms with Gasteiger partial charge in [-0.25, -0.2) is 0 Å². The van der Waals surface area contributed by atoms with Gasteiger partial charge < -0.3 is 24.7 Å². The summed E-state index contributed by atoms with van der Waals surface area (Å²) in [6.07, 6.45) is 0.957. The van der Waals surface area contributed by atoms with Gasteiger partial charge in [0.15, 0.2) is 11.5 Å². The van der Waals surface area contributed by atoms with Crippen LogP contribution in [0.4, 0.5) is 0 Å². The van der Waals surface area contributed by atoms with E-state index in [4.69, 9.17) is 24.7 Å².